The van der Waals surface area contributed by atoms with E-state index in [0.29, 0.717) is 18.0 Å². The van der Waals surface area contributed by atoms with Crippen LogP contribution in [-0.4, -0.2) is 48.0 Å². The molecule has 1 atom stereocenters. The number of pyridine rings is 1. The highest BCUT2D eigenvalue weighted by Crippen LogP contribution is 2.14. The molecule has 1 unspecified atom stereocenters. The predicted octanol–water partition coefficient (Wildman–Crippen LogP) is 1.38. The van der Waals surface area contributed by atoms with Crippen molar-refractivity contribution in [3.63, 3.8) is 0 Å². The Morgan fingerprint density at radius 2 is 1.90 bits per heavy atom. The standard InChI is InChI=1S/C22H27FN4O3/c1-26-10-2-3-17(13-26)12-25-22(30)18-6-9-21(29)27(14-18)15-20(28)24-11-16-4-7-19(23)8-5-16/h4-9,14,17H,2-3,10-13,15H2,1H3,(H,24,28)(H,25,30). The number of hydrogen-bond donors (Lipinski definition) is 2. The molecule has 8 heteroatoms. The SMILES string of the molecule is CN1CCCC(CNC(=O)c2ccc(=O)n(CC(=O)NCc3ccc(F)cc3)c2)C1. The van der Waals surface area contributed by atoms with Crippen molar-refractivity contribution in [3.8, 4) is 0 Å². The third-order valence-corrected chi connectivity index (χ3v) is 5.24. The average Bonchev–Trinajstić information content (AvgIpc) is 2.73. The van der Waals surface area contributed by atoms with Gasteiger partial charge in [-0.05, 0) is 56.1 Å². The highest BCUT2D eigenvalue weighted by Gasteiger charge is 2.18. The molecule has 1 aromatic heterocycles. The van der Waals surface area contributed by atoms with E-state index in [1.54, 1.807) is 12.1 Å². The van der Waals surface area contributed by atoms with Crippen molar-refractivity contribution in [1.29, 1.82) is 0 Å². The van der Waals surface area contributed by atoms with Crippen LogP contribution in [0.25, 0.3) is 0 Å². The summed E-state index contributed by atoms with van der Waals surface area (Å²) in [7, 11) is 2.07. The summed E-state index contributed by atoms with van der Waals surface area (Å²) >= 11 is 0. The Labute approximate surface area is 174 Å². The highest BCUT2D eigenvalue weighted by atomic mass is 19.1. The van der Waals surface area contributed by atoms with Gasteiger partial charge in [-0.25, -0.2) is 4.39 Å². The third kappa shape index (κ3) is 6.25. The van der Waals surface area contributed by atoms with Gasteiger partial charge in [0, 0.05) is 31.9 Å². The lowest BCUT2D eigenvalue weighted by Gasteiger charge is -2.29. The quantitative estimate of drug-likeness (QED) is 0.717. The van der Waals surface area contributed by atoms with E-state index < -0.39 is 0 Å². The number of hydrogen-bond acceptors (Lipinski definition) is 4. The number of benzene rings is 1. The van der Waals surface area contributed by atoms with Gasteiger partial charge in [-0.2, -0.15) is 0 Å². The number of carbonyl (C=O) groups is 2. The molecule has 1 aliphatic heterocycles. The maximum absolute atomic E-state index is 12.9. The van der Waals surface area contributed by atoms with Gasteiger partial charge in [-0.3, -0.25) is 14.4 Å². The molecule has 2 heterocycles. The van der Waals surface area contributed by atoms with E-state index in [4.69, 9.17) is 0 Å². The minimum Gasteiger partial charge on any atom is -0.352 e. The van der Waals surface area contributed by atoms with Crippen molar-refractivity contribution in [2.75, 3.05) is 26.7 Å². The molecule has 0 spiro atoms. The number of piperidine rings is 1. The van der Waals surface area contributed by atoms with Crippen molar-refractivity contribution in [2.45, 2.75) is 25.9 Å². The van der Waals surface area contributed by atoms with E-state index in [0.717, 1.165) is 31.5 Å². The van der Waals surface area contributed by atoms with Crippen LogP contribution in [0.5, 0.6) is 0 Å². The monoisotopic (exact) mass is 414 g/mol. The molecule has 2 aromatic rings. The molecule has 0 aliphatic carbocycles. The number of aromatic nitrogens is 1. The molecule has 160 valence electrons. The fourth-order valence-corrected chi connectivity index (χ4v) is 3.58. The average molecular weight is 414 g/mol. The smallest absolute Gasteiger partial charge is 0.252 e. The Bertz CT molecular complexity index is 942. The molecule has 2 N–H and O–H groups in total. The molecule has 0 saturated carbocycles. The van der Waals surface area contributed by atoms with E-state index in [1.165, 1.54) is 35.0 Å². The first kappa shape index (κ1) is 21.7. The van der Waals surface area contributed by atoms with Gasteiger partial charge in [0.25, 0.3) is 11.5 Å². The van der Waals surface area contributed by atoms with Gasteiger partial charge in [-0.15, -0.1) is 0 Å². The van der Waals surface area contributed by atoms with Crippen LogP contribution >= 0.6 is 0 Å². The second-order valence-electron chi connectivity index (χ2n) is 7.77. The number of likely N-dealkylation sites (tertiary alicyclic amines) is 1. The van der Waals surface area contributed by atoms with Crippen LogP contribution in [0.15, 0.2) is 47.4 Å². The van der Waals surface area contributed by atoms with Crippen LogP contribution in [0.4, 0.5) is 4.39 Å². The van der Waals surface area contributed by atoms with Crippen molar-refractivity contribution < 1.29 is 14.0 Å². The molecule has 30 heavy (non-hydrogen) atoms. The van der Waals surface area contributed by atoms with E-state index in [9.17, 15) is 18.8 Å². The summed E-state index contributed by atoms with van der Waals surface area (Å²) in [4.78, 5) is 39.0. The zero-order chi connectivity index (χ0) is 21.5. The molecule has 3 rings (SSSR count). The molecule has 0 bridgehead atoms. The predicted molar refractivity (Wildman–Crippen MR) is 112 cm³/mol. The van der Waals surface area contributed by atoms with Gasteiger partial charge in [0.05, 0.1) is 5.56 Å². The van der Waals surface area contributed by atoms with Gasteiger partial charge >= 0.3 is 0 Å². The van der Waals surface area contributed by atoms with Crippen molar-refractivity contribution in [1.82, 2.24) is 20.1 Å². The summed E-state index contributed by atoms with van der Waals surface area (Å²) in [5.41, 5.74) is 0.723. The first-order valence-electron chi connectivity index (χ1n) is 10.1. The van der Waals surface area contributed by atoms with Crippen LogP contribution in [-0.2, 0) is 17.9 Å². The zero-order valence-electron chi connectivity index (χ0n) is 17.1. The Kier molecular flexibility index (Phi) is 7.35. The van der Waals surface area contributed by atoms with Gasteiger partial charge in [0.15, 0.2) is 0 Å². The van der Waals surface area contributed by atoms with Crippen molar-refractivity contribution >= 4 is 11.8 Å². The normalized spacial score (nSPS) is 16.8. The van der Waals surface area contributed by atoms with Crippen LogP contribution < -0.4 is 16.2 Å². The molecule has 1 saturated heterocycles. The molecular weight excluding hydrogens is 387 g/mol. The van der Waals surface area contributed by atoms with Crippen LogP contribution in [0.2, 0.25) is 0 Å². The number of nitrogens with zero attached hydrogens (tertiary/aromatic N) is 2. The van der Waals surface area contributed by atoms with Gasteiger partial charge in [-0.1, -0.05) is 12.1 Å². The Hall–Kier alpha value is -3.00. The molecule has 1 fully saturated rings. The lowest BCUT2D eigenvalue weighted by atomic mass is 9.98. The largest absolute Gasteiger partial charge is 0.352 e. The molecule has 1 aliphatic rings. The highest BCUT2D eigenvalue weighted by molar-refractivity contribution is 5.93. The van der Waals surface area contributed by atoms with E-state index >= 15 is 0 Å². The number of rotatable bonds is 7. The molecule has 7 nitrogen and oxygen atoms in total. The summed E-state index contributed by atoms with van der Waals surface area (Å²) < 4.78 is 14.1. The number of nitrogens with one attached hydrogen (secondary N) is 2. The van der Waals surface area contributed by atoms with Gasteiger partial charge in [0.1, 0.15) is 12.4 Å². The number of amides is 2. The van der Waals surface area contributed by atoms with Crippen molar-refractivity contribution in [3.05, 3.63) is 69.9 Å². The second kappa shape index (κ2) is 10.2. The molecule has 2 amide bonds. The fourth-order valence-electron chi connectivity index (χ4n) is 3.58. The summed E-state index contributed by atoms with van der Waals surface area (Å²) in [6.07, 6.45) is 3.61. The maximum Gasteiger partial charge on any atom is 0.252 e. The molecule has 1 aromatic carbocycles. The Morgan fingerprint density at radius 3 is 2.63 bits per heavy atom. The van der Waals surface area contributed by atoms with Crippen LogP contribution in [0.3, 0.4) is 0 Å². The van der Waals surface area contributed by atoms with E-state index in [2.05, 4.69) is 22.6 Å². The van der Waals surface area contributed by atoms with Crippen LogP contribution in [0.1, 0.15) is 28.8 Å². The van der Waals surface area contributed by atoms with E-state index in [-0.39, 0.29) is 36.3 Å². The number of carbonyl (C=O) groups excluding carboxylic acids is 2. The lowest BCUT2D eigenvalue weighted by molar-refractivity contribution is -0.121. The number of halogens is 1. The summed E-state index contributed by atoms with van der Waals surface area (Å²) in [5.74, 6) is -0.564. The lowest BCUT2D eigenvalue weighted by Crippen LogP contribution is -2.39. The Morgan fingerprint density at radius 1 is 1.13 bits per heavy atom. The minimum atomic E-state index is -0.371. The summed E-state index contributed by atoms with van der Waals surface area (Å²) in [5, 5.41) is 5.62. The second-order valence-corrected chi connectivity index (χ2v) is 7.77. The van der Waals surface area contributed by atoms with E-state index in [1.807, 2.05) is 0 Å². The fraction of sp³-hybridized carbons (Fsp3) is 0.409. The minimum absolute atomic E-state index is 0.200. The summed E-state index contributed by atoms with van der Waals surface area (Å²) in [6.45, 7) is 2.64. The zero-order valence-corrected chi connectivity index (χ0v) is 17.1. The van der Waals surface area contributed by atoms with Gasteiger partial charge < -0.3 is 20.1 Å². The summed E-state index contributed by atoms with van der Waals surface area (Å²) in [6, 6.07) is 8.56. The first-order valence-corrected chi connectivity index (χ1v) is 10.1. The molecular formula is C22H27FN4O3. The topological polar surface area (TPSA) is 83.4 Å². The van der Waals surface area contributed by atoms with Crippen LogP contribution in [0, 0.1) is 11.7 Å². The maximum atomic E-state index is 12.9. The van der Waals surface area contributed by atoms with Gasteiger partial charge in [0.2, 0.25) is 5.91 Å². The first-order chi connectivity index (χ1) is 14.4. The third-order valence-electron chi connectivity index (χ3n) is 5.24. The van der Waals surface area contributed by atoms with Crippen molar-refractivity contribution in [2.24, 2.45) is 5.92 Å². The molecule has 0 radical (unpaired) electrons. The Balaban J connectivity index is 1.54.